The Morgan fingerprint density at radius 2 is 2.14 bits per heavy atom. The molecule has 0 radical (unpaired) electrons. The Morgan fingerprint density at radius 3 is 2.93 bits per heavy atom. The van der Waals surface area contributed by atoms with Crippen LogP contribution in [0.4, 0.5) is 0 Å². The van der Waals surface area contributed by atoms with Gasteiger partial charge in [0, 0.05) is 29.9 Å². The number of aromatic amines is 1. The number of H-pyrrole nitrogens is 1. The molecule has 1 saturated heterocycles. The van der Waals surface area contributed by atoms with Gasteiger partial charge >= 0.3 is 0 Å². The molecular formula is C12H18N2. The summed E-state index contributed by atoms with van der Waals surface area (Å²) in [6.45, 7) is 7.09. The number of rotatable bonds is 0. The van der Waals surface area contributed by atoms with Gasteiger partial charge in [-0.25, -0.2) is 0 Å². The van der Waals surface area contributed by atoms with E-state index in [1.54, 1.807) is 0 Å². The molecule has 14 heavy (non-hydrogen) atoms. The highest BCUT2D eigenvalue weighted by molar-refractivity contribution is 5.36. The zero-order chi connectivity index (χ0) is 9.97. The van der Waals surface area contributed by atoms with E-state index < -0.39 is 0 Å². The molecule has 2 nitrogen and oxygen atoms in total. The maximum atomic E-state index is 3.78. The molecule has 0 amide bonds. The molecular weight excluding hydrogens is 172 g/mol. The van der Waals surface area contributed by atoms with Crippen LogP contribution >= 0.6 is 0 Å². The maximum Gasteiger partial charge on any atom is 0.0432 e. The topological polar surface area (TPSA) is 27.8 Å². The first-order valence-corrected chi connectivity index (χ1v) is 5.46. The van der Waals surface area contributed by atoms with Crippen molar-refractivity contribution in [2.75, 3.05) is 0 Å². The zero-order valence-electron chi connectivity index (χ0n) is 9.15. The molecule has 76 valence electrons. The van der Waals surface area contributed by atoms with Gasteiger partial charge in [-0.2, -0.15) is 0 Å². The van der Waals surface area contributed by atoms with Gasteiger partial charge in [-0.15, -0.1) is 0 Å². The molecule has 3 rings (SSSR count). The molecule has 2 heteroatoms. The van der Waals surface area contributed by atoms with E-state index in [4.69, 9.17) is 0 Å². The molecule has 3 heterocycles. The summed E-state index contributed by atoms with van der Waals surface area (Å²) in [4.78, 5) is 3.38. The van der Waals surface area contributed by atoms with E-state index in [9.17, 15) is 0 Å². The van der Waals surface area contributed by atoms with Crippen molar-refractivity contribution in [1.82, 2.24) is 10.3 Å². The van der Waals surface area contributed by atoms with Crippen LogP contribution in [0.3, 0.4) is 0 Å². The van der Waals surface area contributed by atoms with Crippen molar-refractivity contribution in [3.05, 3.63) is 23.5 Å². The first-order chi connectivity index (χ1) is 6.51. The average molecular weight is 190 g/mol. The number of hydrogen-bond acceptors (Lipinski definition) is 1. The van der Waals surface area contributed by atoms with Gasteiger partial charge in [0.1, 0.15) is 0 Å². The minimum absolute atomic E-state index is 0.210. The second-order valence-corrected chi connectivity index (χ2v) is 5.77. The van der Waals surface area contributed by atoms with Crippen LogP contribution in [0.15, 0.2) is 12.3 Å². The molecule has 1 aromatic rings. The Morgan fingerprint density at radius 1 is 1.36 bits per heavy atom. The second kappa shape index (κ2) is 2.25. The number of nitrogens with one attached hydrogen (secondary N) is 2. The molecule has 2 bridgehead atoms. The summed E-state index contributed by atoms with van der Waals surface area (Å²) in [7, 11) is 0. The molecule has 0 saturated carbocycles. The third kappa shape index (κ3) is 0.897. The second-order valence-electron chi connectivity index (χ2n) is 5.77. The molecule has 0 aliphatic carbocycles. The van der Waals surface area contributed by atoms with Crippen LogP contribution < -0.4 is 5.32 Å². The van der Waals surface area contributed by atoms with Crippen molar-refractivity contribution in [3.8, 4) is 0 Å². The van der Waals surface area contributed by atoms with Gasteiger partial charge in [-0.05, 0) is 30.4 Å². The molecule has 2 aliphatic heterocycles. The minimum atomic E-state index is 0.210. The van der Waals surface area contributed by atoms with Crippen molar-refractivity contribution in [1.29, 1.82) is 0 Å². The largest absolute Gasteiger partial charge is 0.365 e. The lowest BCUT2D eigenvalue weighted by molar-refractivity contribution is 0.311. The standard InChI is InChI=1S/C12H18N2/c1-11(2)7-12(3)8-4-5-13-9(8)6-10(11)14-12/h4-5,10,13-14H,6-7H2,1-3H3/t10-,12-/m1/s1. The van der Waals surface area contributed by atoms with E-state index in [1.807, 2.05) is 0 Å². The normalized spacial score (nSPS) is 38.4. The molecule has 0 unspecified atom stereocenters. The predicted octanol–water partition coefficient (Wildman–Crippen LogP) is 2.17. The predicted molar refractivity (Wildman–Crippen MR) is 57.2 cm³/mol. The molecule has 1 fully saturated rings. The van der Waals surface area contributed by atoms with E-state index in [0.29, 0.717) is 11.5 Å². The fraction of sp³-hybridized carbons (Fsp3) is 0.667. The van der Waals surface area contributed by atoms with Gasteiger partial charge in [0.15, 0.2) is 0 Å². The fourth-order valence-corrected chi connectivity index (χ4v) is 3.46. The van der Waals surface area contributed by atoms with Gasteiger partial charge < -0.3 is 10.3 Å². The summed E-state index contributed by atoms with van der Waals surface area (Å²) < 4.78 is 0. The molecule has 2 N–H and O–H groups in total. The van der Waals surface area contributed by atoms with Crippen molar-refractivity contribution in [2.24, 2.45) is 5.41 Å². The molecule has 0 spiro atoms. The Kier molecular flexibility index (Phi) is 1.37. The summed E-state index contributed by atoms with van der Waals surface area (Å²) in [5, 5.41) is 3.78. The summed E-state index contributed by atoms with van der Waals surface area (Å²) in [5.41, 5.74) is 3.57. The first-order valence-electron chi connectivity index (χ1n) is 5.46. The minimum Gasteiger partial charge on any atom is -0.365 e. The van der Waals surface area contributed by atoms with Crippen LogP contribution in [0.1, 0.15) is 38.4 Å². The monoisotopic (exact) mass is 190 g/mol. The lowest BCUT2D eigenvalue weighted by Crippen LogP contribution is -2.45. The summed E-state index contributed by atoms with van der Waals surface area (Å²) in [6, 6.07) is 2.87. The third-order valence-electron chi connectivity index (χ3n) is 4.08. The molecule has 1 aromatic heterocycles. The highest BCUT2D eigenvalue weighted by Crippen LogP contribution is 2.49. The Hall–Kier alpha value is -0.760. The van der Waals surface area contributed by atoms with Gasteiger partial charge in [0.05, 0.1) is 0 Å². The quantitative estimate of drug-likeness (QED) is 0.644. The first kappa shape index (κ1) is 8.54. The van der Waals surface area contributed by atoms with E-state index in [1.165, 1.54) is 17.7 Å². The van der Waals surface area contributed by atoms with Crippen LogP contribution in [0.2, 0.25) is 0 Å². The Bertz CT molecular complexity index is 377. The van der Waals surface area contributed by atoms with Gasteiger partial charge in [0.25, 0.3) is 0 Å². The lowest BCUT2D eigenvalue weighted by atomic mass is 9.81. The van der Waals surface area contributed by atoms with E-state index in [2.05, 4.69) is 43.3 Å². The van der Waals surface area contributed by atoms with E-state index >= 15 is 0 Å². The van der Waals surface area contributed by atoms with Gasteiger partial charge in [-0.3, -0.25) is 0 Å². The van der Waals surface area contributed by atoms with E-state index in [-0.39, 0.29) is 5.54 Å². The lowest BCUT2D eigenvalue weighted by Gasteiger charge is -2.31. The maximum absolute atomic E-state index is 3.78. The molecule has 0 aromatic carbocycles. The fourth-order valence-electron chi connectivity index (χ4n) is 3.46. The Balaban J connectivity index is 2.14. The Labute approximate surface area is 85.1 Å². The highest BCUT2D eigenvalue weighted by Gasteiger charge is 2.51. The summed E-state index contributed by atoms with van der Waals surface area (Å²) in [6.07, 6.45) is 4.48. The van der Waals surface area contributed by atoms with Crippen molar-refractivity contribution < 1.29 is 0 Å². The zero-order valence-corrected chi connectivity index (χ0v) is 9.15. The SMILES string of the molecule is CC1(C)C[C@@]2(C)N[C@@H]1Cc1[nH]ccc12. The van der Waals surface area contributed by atoms with Gasteiger partial charge in [-0.1, -0.05) is 13.8 Å². The number of fused-ring (bicyclic) bond motifs is 4. The smallest absolute Gasteiger partial charge is 0.0432 e. The van der Waals surface area contributed by atoms with Crippen molar-refractivity contribution in [3.63, 3.8) is 0 Å². The van der Waals surface area contributed by atoms with Crippen LogP contribution in [-0.2, 0) is 12.0 Å². The summed E-state index contributed by atoms with van der Waals surface area (Å²) in [5.74, 6) is 0. The third-order valence-corrected chi connectivity index (χ3v) is 4.08. The van der Waals surface area contributed by atoms with Crippen LogP contribution in [0.5, 0.6) is 0 Å². The summed E-state index contributed by atoms with van der Waals surface area (Å²) >= 11 is 0. The molecule has 2 aliphatic rings. The number of hydrogen-bond donors (Lipinski definition) is 2. The van der Waals surface area contributed by atoms with Crippen molar-refractivity contribution >= 4 is 0 Å². The molecule has 2 atom stereocenters. The highest BCUT2D eigenvalue weighted by atomic mass is 15.1. The van der Waals surface area contributed by atoms with Crippen molar-refractivity contribution in [2.45, 2.75) is 45.2 Å². The van der Waals surface area contributed by atoms with Gasteiger partial charge in [0.2, 0.25) is 0 Å². The van der Waals surface area contributed by atoms with E-state index in [0.717, 1.165) is 6.42 Å². The van der Waals surface area contributed by atoms with Crippen LogP contribution in [0.25, 0.3) is 0 Å². The average Bonchev–Trinajstić information content (AvgIpc) is 2.56. The van der Waals surface area contributed by atoms with Crippen LogP contribution in [0, 0.1) is 5.41 Å². The van der Waals surface area contributed by atoms with Crippen LogP contribution in [-0.4, -0.2) is 11.0 Å². The number of aromatic nitrogens is 1.